The molecule has 0 aliphatic rings. The standard InChI is InChI=1S/C9H19F3N2/c1-8(2)14-7-6-13-5-3-4-9(10,11)12/h8,13-14H,3-7H2,1-2H3. The molecule has 0 heterocycles. The SMILES string of the molecule is CC(C)NCCNCCCC(F)(F)F. The van der Waals surface area contributed by atoms with E-state index in [1.807, 2.05) is 13.8 Å². The van der Waals surface area contributed by atoms with Gasteiger partial charge in [0.15, 0.2) is 0 Å². The van der Waals surface area contributed by atoms with Crippen LogP contribution in [-0.4, -0.2) is 31.9 Å². The second-order valence-corrected chi connectivity index (χ2v) is 3.58. The summed E-state index contributed by atoms with van der Waals surface area (Å²) in [6.07, 6.45) is -4.55. The van der Waals surface area contributed by atoms with Crippen LogP contribution in [-0.2, 0) is 0 Å². The van der Waals surface area contributed by atoms with Crippen molar-refractivity contribution in [2.75, 3.05) is 19.6 Å². The van der Waals surface area contributed by atoms with Gasteiger partial charge in [0.25, 0.3) is 0 Å². The van der Waals surface area contributed by atoms with E-state index in [4.69, 9.17) is 0 Å². The Morgan fingerprint density at radius 2 is 1.71 bits per heavy atom. The van der Waals surface area contributed by atoms with Crippen LogP contribution < -0.4 is 10.6 Å². The van der Waals surface area contributed by atoms with Crippen LogP contribution in [0.1, 0.15) is 26.7 Å². The molecule has 0 aromatic heterocycles. The maximum Gasteiger partial charge on any atom is 0.389 e. The van der Waals surface area contributed by atoms with E-state index in [-0.39, 0.29) is 6.42 Å². The molecule has 0 aromatic carbocycles. The number of hydrogen-bond acceptors (Lipinski definition) is 2. The summed E-state index contributed by atoms with van der Waals surface area (Å²) in [6, 6.07) is 0.423. The molecule has 0 unspecified atom stereocenters. The van der Waals surface area contributed by atoms with Gasteiger partial charge in [-0.3, -0.25) is 0 Å². The first-order chi connectivity index (χ1) is 6.42. The molecular weight excluding hydrogens is 193 g/mol. The van der Waals surface area contributed by atoms with Gasteiger partial charge >= 0.3 is 6.18 Å². The van der Waals surface area contributed by atoms with E-state index in [1.165, 1.54) is 0 Å². The van der Waals surface area contributed by atoms with Crippen molar-refractivity contribution in [1.82, 2.24) is 10.6 Å². The summed E-state index contributed by atoms with van der Waals surface area (Å²) in [5.41, 5.74) is 0. The molecule has 0 radical (unpaired) electrons. The molecule has 86 valence electrons. The Kier molecular flexibility index (Phi) is 6.92. The van der Waals surface area contributed by atoms with Gasteiger partial charge in [-0.2, -0.15) is 13.2 Å². The first-order valence-corrected chi connectivity index (χ1v) is 4.92. The van der Waals surface area contributed by atoms with E-state index < -0.39 is 12.6 Å². The lowest BCUT2D eigenvalue weighted by Crippen LogP contribution is -2.32. The molecule has 0 aromatic rings. The van der Waals surface area contributed by atoms with Crippen LogP contribution in [0, 0.1) is 0 Å². The highest BCUT2D eigenvalue weighted by Crippen LogP contribution is 2.20. The topological polar surface area (TPSA) is 24.1 Å². The van der Waals surface area contributed by atoms with Gasteiger partial charge in [0.1, 0.15) is 0 Å². The summed E-state index contributed by atoms with van der Waals surface area (Å²) in [7, 11) is 0. The molecule has 0 saturated heterocycles. The molecule has 5 heteroatoms. The minimum Gasteiger partial charge on any atom is -0.315 e. The maximum absolute atomic E-state index is 11.7. The normalized spacial score (nSPS) is 12.4. The number of nitrogens with one attached hydrogen (secondary N) is 2. The molecule has 0 bridgehead atoms. The van der Waals surface area contributed by atoms with Gasteiger partial charge in [-0.05, 0) is 13.0 Å². The van der Waals surface area contributed by atoms with E-state index in [2.05, 4.69) is 10.6 Å². The molecular formula is C9H19F3N2. The lowest BCUT2D eigenvalue weighted by Gasteiger charge is -2.09. The van der Waals surface area contributed by atoms with Crippen molar-refractivity contribution in [1.29, 1.82) is 0 Å². The Bertz CT molecular complexity index is 135. The third-order valence-corrected chi connectivity index (χ3v) is 1.67. The van der Waals surface area contributed by atoms with Crippen molar-refractivity contribution in [2.24, 2.45) is 0 Å². The number of hydrogen-bond donors (Lipinski definition) is 2. The first-order valence-electron chi connectivity index (χ1n) is 4.92. The van der Waals surface area contributed by atoms with Crippen LogP contribution in [0.2, 0.25) is 0 Å². The molecule has 2 N–H and O–H groups in total. The van der Waals surface area contributed by atoms with Gasteiger partial charge in [0.05, 0.1) is 0 Å². The molecule has 0 atom stereocenters. The summed E-state index contributed by atoms with van der Waals surface area (Å²) in [5.74, 6) is 0. The van der Waals surface area contributed by atoms with Gasteiger partial charge in [-0.1, -0.05) is 13.8 Å². The van der Waals surface area contributed by atoms with Crippen molar-refractivity contribution in [2.45, 2.75) is 38.9 Å². The van der Waals surface area contributed by atoms with Crippen LogP contribution in [0.4, 0.5) is 13.2 Å². The highest BCUT2D eigenvalue weighted by atomic mass is 19.4. The van der Waals surface area contributed by atoms with Crippen molar-refractivity contribution in [3.63, 3.8) is 0 Å². The zero-order chi connectivity index (χ0) is 11.0. The highest BCUT2D eigenvalue weighted by Gasteiger charge is 2.25. The predicted octanol–water partition coefficient (Wildman–Crippen LogP) is 1.92. The second kappa shape index (κ2) is 7.06. The molecule has 0 aliphatic heterocycles. The zero-order valence-corrected chi connectivity index (χ0v) is 8.75. The second-order valence-electron chi connectivity index (χ2n) is 3.58. The fourth-order valence-electron chi connectivity index (χ4n) is 0.988. The van der Waals surface area contributed by atoms with Crippen LogP contribution in [0.15, 0.2) is 0 Å². The van der Waals surface area contributed by atoms with Gasteiger partial charge in [-0.15, -0.1) is 0 Å². The van der Waals surface area contributed by atoms with Crippen LogP contribution in [0.3, 0.4) is 0 Å². The molecule has 14 heavy (non-hydrogen) atoms. The Hall–Kier alpha value is -0.290. The quantitative estimate of drug-likeness (QED) is 0.630. The Labute approximate surface area is 83.3 Å². The summed E-state index contributed by atoms with van der Waals surface area (Å²) < 4.78 is 35.1. The maximum atomic E-state index is 11.7. The zero-order valence-electron chi connectivity index (χ0n) is 8.75. The van der Waals surface area contributed by atoms with Crippen LogP contribution in [0.25, 0.3) is 0 Å². The molecule has 0 amide bonds. The van der Waals surface area contributed by atoms with Crippen LogP contribution >= 0.6 is 0 Å². The van der Waals surface area contributed by atoms with E-state index in [0.717, 1.165) is 13.1 Å². The number of alkyl halides is 3. The average Bonchev–Trinajstić information content (AvgIpc) is 2.00. The first kappa shape index (κ1) is 13.7. The average molecular weight is 212 g/mol. The lowest BCUT2D eigenvalue weighted by atomic mass is 10.3. The van der Waals surface area contributed by atoms with Crippen molar-refractivity contribution < 1.29 is 13.2 Å². The number of halogens is 3. The fraction of sp³-hybridized carbons (Fsp3) is 1.00. The molecule has 0 spiro atoms. The summed E-state index contributed by atoms with van der Waals surface area (Å²) in [6.45, 7) is 6.01. The Morgan fingerprint density at radius 3 is 2.21 bits per heavy atom. The minimum absolute atomic E-state index is 0.158. The molecule has 2 nitrogen and oxygen atoms in total. The molecule has 0 saturated carbocycles. The third-order valence-electron chi connectivity index (χ3n) is 1.67. The van der Waals surface area contributed by atoms with Crippen molar-refractivity contribution in [3.8, 4) is 0 Å². The highest BCUT2D eigenvalue weighted by molar-refractivity contribution is 4.57. The summed E-state index contributed by atoms with van der Waals surface area (Å²) in [4.78, 5) is 0. The van der Waals surface area contributed by atoms with Crippen molar-refractivity contribution in [3.05, 3.63) is 0 Å². The summed E-state index contributed by atoms with van der Waals surface area (Å²) >= 11 is 0. The van der Waals surface area contributed by atoms with E-state index in [0.29, 0.717) is 12.6 Å². The van der Waals surface area contributed by atoms with Gasteiger partial charge in [0.2, 0.25) is 0 Å². The van der Waals surface area contributed by atoms with E-state index >= 15 is 0 Å². The smallest absolute Gasteiger partial charge is 0.315 e. The van der Waals surface area contributed by atoms with Gasteiger partial charge in [-0.25, -0.2) is 0 Å². The molecule has 0 fully saturated rings. The van der Waals surface area contributed by atoms with E-state index in [1.54, 1.807) is 0 Å². The lowest BCUT2D eigenvalue weighted by molar-refractivity contribution is -0.135. The Morgan fingerprint density at radius 1 is 1.07 bits per heavy atom. The number of rotatable bonds is 7. The largest absolute Gasteiger partial charge is 0.389 e. The minimum atomic E-state index is -4.02. The predicted molar refractivity (Wildman–Crippen MR) is 51.3 cm³/mol. The monoisotopic (exact) mass is 212 g/mol. The molecule has 0 rings (SSSR count). The Balaban J connectivity index is 3.07. The van der Waals surface area contributed by atoms with Crippen molar-refractivity contribution >= 4 is 0 Å². The van der Waals surface area contributed by atoms with E-state index in [9.17, 15) is 13.2 Å². The van der Waals surface area contributed by atoms with Gasteiger partial charge in [0, 0.05) is 25.6 Å². The van der Waals surface area contributed by atoms with Crippen LogP contribution in [0.5, 0.6) is 0 Å². The molecule has 0 aliphatic carbocycles. The summed E-state index contributed by atoms with van der Waals surface area (Å²) in [5, 5.41) is 6.12. The van der Waals surface area contributed by atoms with Gasteiger partial charge < -0.3 is 10.6 Å². The fourth-order valence-corrected chi connectivity index (χ4v) is 0.988. The third kappa shape index (κ3) is 11.7.